The molecule has 0 aliphatic heterocycles. The Morgan fingerprint density at radius 2 is 2.10 bits per heavy atom. The number of hydrogen-bond acceptors (Lipinski definition) is 5. The summed E-state index contributed by atoms with van der Waals surface area (Å²) in [5.41, 5.74) is 5.20. The Morgan fingerprint density at radius 1 is 1.43 bits per heavy atom. The van der Waals surface area contributed by atoms with Crippen LogP contribution in [0.25, 0.3) is 0 Å². The summed E-state index contributed by atoms with van der Waals surface area (Å²) in [7, 11) is 1.52. The molecule has 0 aliphatic rings. The van der Waals surface area contributed by atoms with Gasteiger partial charge in [-0.05, 0) is 38.5 Å². The molecule has 6 nitrogen and oxygen atoms in total. The van der Waals surface area contributed by atoms with Crippen molar-refractivity contribution >= 4 is 5.91 Å². The number of hydrogen-bond donors (Lipinski definition) is 3. The lowest BCUT2D eigenvalue weighted by Crippen LogP contribution is -2.59. The van der Waals surface area contributed by atoms with Crippen LogP contribution in [0, 0.1) is 0 Å². The van der Waals surface area contributed by atoms with Gasteiger partial charge in [-0.15, -0.1) is 0 Å². The molecule has 0 aliphatic carbocycles. The van der Waals surface area contributed by atoms with E-state index in [4.69, 9.17) is 20.3 Å². The first-order valence-corrected chi connectivity index (χ1v) is 6.80. The minimum absolute atomic E-state index is 0.0787. The Balaban J connectivity index is 2.87. The van der Waals surface area contributed by atoms with E-state index in [1.54, 1.807) is 25.1 Å². The average molecular weight is 296 g/mol. The van der Waals surface area contributed by atoms with E-state index in [0.717, 1.165) is 5.56 Å². The van der Waals surface area contributed by atoms with Crippen LogP contribution < -0.4 is 20.5 Å². The number of nitrogens with two attached hydrogens (primary N) is 1. The maximum Gasteiger partial charge on any atom is 0.240 e. The van der Waals surface area contributed by atoms with Crippen molar-refractivity contribution in [1.29, 1.82) is 0 Å². The minimum atomic E-state index is -0.977. The van der Waals surface area contributed by atoms with Gasteiger partial charge < -0.3 is 20.3 Å². The number of carbonyl (C=O) groups excluding carboxylic acids is 1. The Bertz CT molecular complexity index is 491. The van der Waals surface area contributed by atoms with Crippen molar-refractivity contribution in [3.05, 3.63) is 23.8 Å². The summed E-state index contributed by atoms with van der Waals surface area (Å²) in [6, 6.07) is 5.20. The number of ether oxygens (including phenoxy) is 2. The zero-order valence-electron chi connectivity index (χ0n) is 13.0. The van der Waals surface area contributed by atoms with E-state index in [-0.39, 0.29) is 19.3 Å². The topological polar surface area (TPSA) is 93.8 Å². The molecule has 0 fully saturated rings. The van der Waals surface area contributed by atoms with Gasteiger partial charge in [0.15, 0.2) is 11.5 Å². The molecule has 4 N–H and O–H groups in total. The van der Waals surface area contributed by atoms with Crippen LogP contribution in [-0.4, -0.2) is 36.3 Å². The summed E-state index contributed by atoms with van der Waals surface area (Å²) in [4.78, 5) is 11.6. The number of benzene rings is 1. The van der Waals surface area contributed by atoms with Gasteiger partial charge >= 0.3 is 0 Å². The minimum Gasteiger partial charge on any atom is -0.493 e. The zero-order chi connectivity index (χ0) is 16.0. The van der Waals surface area contributed by atoms with Gasteiger partial charge in [0.2, 0.25) is 5.91 Å². The van der Waals surface area contributed by atoms with Gasteiger partial charge in [-0.1, -0.05) is 6.07 Å². The summed E-state index contributed by atoms with van der Waals surface area (Å²) in [6.45, 7) is 5.55. The molecule has 0 saturated heterocycles. The summed E-state index contributed by atoms with van der Waals surface area (Å²) in [5, 5.41) is 12.2. The highest BCUT2D eigenvalue weighted by Gasteiger charge is 2.32. The maximum atomic E-state index is 11.6. The van der Waals surface area contributed by atoms with Crippen LogP contribution in [0.15, 0.2) is 18.2 Å². The molecule has 1 aromatic rings. The van der Waals surface area contributed by atoms with Crippen LogP contribution in [0.4, 0.5) is 0 Å². The SMILES string of the molecule is COc1cc(CO)ccc1OCC(C)(NC(C)C)C(N)=O. The fourth-order valence-electron chi connectivity index (χ4n) is 1.97. The van der Waals surface area contributed by atoms with Gasteiger partial charge in [0.05, 0.1) is 13.7 Å². The van der Waals surface area contributed by atoms with Crippen molar-refractivity contribution in [1.82, 2.24) is 5.32 Å². The van der Waals surface area contributed by atoms with Crippen LogP contribution in [0.5, 0.6) is 11.5 Å². The van der Waals surface area contributed by atoms with Crippen molar-refractivity contribution in [2.75, 3.05) is 13.7 Å². The monoisotopic (exact) mass is 296 g/mol. The van der Waals surface area contributed by atoms with Gasteiger partial charge in [-0.3, -0.25) is 10.1 Å². The summed E-state index contributed by atoms with van der Waals surface area (Å²) in [6.07, 6.45) is 0. The van der Waals surface area contributed by atoms with Crippen LogP contribution in [0.1, 0.15) is 26.3 Å². The molecule has 0 spiro atoms. The van der Waals surface area contributed by atoms with Crippen LogP contribution in [0.2, 0.25) is 0 Å². The van der Waals surface area contributed by atoms with Gasteiger partial charge in [-0.2, -0.15) is 0 Å². The number of rotatable bonds is 8. The predicted octanol–water partition coefficient (Wildman–Crippen LogP) is 0.808. The lowest BCUT2D eigenvalue weighted by Gasteiger charge is -2.29. The number of methoxy groups -OCH3 is 1. The maximum absolute atomic E-state index is 11.6. The van der Waals surface area contributed by atoms with Crippen molar-refractivity contribution in [2.45, 2.75) is 39.0 Å². The Morgan fingerprint density at radius 3 is 2.57 bits per heavy atom. The summed E-state index contributed by atoms with van der Waals surface area (Å²) < 4.78 is 10.9. The second-order valence-electron chi connectivity index (χ2n) is 5.43. The summed E-state index contributed by atoms with van der Waals surface area (Å²) in [5.74, 6) is 0.507. The first kappa shape index (κ1) is 17.3. The third-order valence-corrected chi connectivity index (χ3v) is 3.08. The molecule has 1 aromatic carbocycles. The number of aliphatic hydroxyl groups is 1. The van der Waals surface area contributed by atoms with E-state index in [1.165, 1.54) is 7.11 Å². The molecule has 1 rings (SSSR count). The fraction of sp³-hybridized carbons (Fsp3) is 0.533. The molecule has 1 atom stereocenters. The third kappa shape index (κ3) is 4.61. The van der Waals surface area contributed by atoms with Crippen molar-refractivity contribution < 1.29 is 19.4 Å². The van der Waals surface area contributed by atoms with Gasteiger partial charge in [0, 0.05) is 6.04 Å². The first-order chi connectivity index (χ1) is 9.82. The predicted molar refractivity (Wildman–Crippen MR) is 80.3 cm³/mol. The number of nitrogens with one attached hydrogen (secondary N) is 1. The molecule has 6 heteroatoms. The second kappa shape index (κ2) is 7.28. The largest absolute Gasteiger partial charge is 0.493 e. The fourth-order valence-corrected chi connectivity index (χ4v) is 1.97. The van der Waals surface area contributed by atoms with Gasteiger partial charge in [0.1, 0.15) is 12.1 Å². The van der Waals surface area contributed by atoms with Crippen molar-refractivity contribution in [2.24, 2.45) is 5.73 Å². The number of primary amides is 1. The molecule has 1 amide bonds. The number of aliphatic hydroxyl groups excluding tert-OH is 1. The molecule has 0 aromatic heterocycles. The highest BCUT2D eigenvalue weighted by atomic mass is 16.5. The van der Waals surface area contributed by atoms with Crippen LogP contribution >= 0.6 is 0 Å². The quantitative estimate of drug-likeness (QED) is 0.660. The molecule has 0 heterocycles. The molecular weight excluding hydrogens is 272 g/mol. The smallest absolute Gasteiger partial charge is 0.240 e. The standard InChI is InChI=1S/C15H24N2O4/c1-10(2)17-15(3,14(16)19)9-21-12-6-5-11(8-18)7-13(12)20-4/h5-7,10,17-18H,8-9H2,1-4H3,(H2,16,19). The second-order valence-corrected chi connectivity index (χ2v) is 5.43. The van der Waals surface area contributed by atoms with Crippen LogP contribution in [0.3, 0.4) is 0 Å². The van der Waals surface area contributed by atoms with Crippen molar-refractivity contribution in [3.63, 3.8) is 0 Å². The van der Waals surface area contributed by atoms with E-state index >= 15 is 0 Å². The Hall–Kier alpha value is -1.79. The molecule has 0 radical (unpaired) electrons. The average Bonchev–Trinajstić information content (AvgIpc) is 2.44. The van der Waals surface area contributed by atoms with E-state index < -0.39 is 11.4 Å². The lowest BCUT2D eigenvalue weighted by molar-refractivity contribution is -0.125. The molecule has 0 saturated carbocycles. The highest BCUT2D eigenvalue weighted by molar-refractivity contribution is 5.84. The first-order valence-electron chi connectivity index (χ1n) is 6.80. The molecule has 1 unspecified atom stereocenters. The van der Waals surface area contributed by atoms with Crippen LogP contribution in [-0.2, 0) is 11.4 Å². The Kier molecular flexibility index (Phi) is 5.99. The number of carbonyl (C=O) groups is 1. The normalized spacial score (nSPS) is 13.8. The van der Waals surface area contributed by atoms with E-state index in [2.05, 4.69) is 5.32 Å². The third-order valence-electron chi connectivity index (χ3n) is 3.08. The van der Waals surface area contributed by atoms with E-state index in [9.17, 15) is 4.79 Å². The lowest BCUT2D eigenvalue weighted by atomic mass is 10.0. The summed E-state index contributed by atoms with van der Waals surface area (Å²) >= 11 is 0. The van der Waals surface area contributed by atoms with E-state index in [1.807, 2.05) is 13.8 Å². The van der Waals surface area contributed by atoms with Crippen molar-refractivity contribution in [3.8, 4) is 11.5 Å². The highest BCUT2D eigenvalue weighted by Crippen LogP contribution is 2.28. The van der Waals surface area contributed by atoms with E-state index in [0.29, 0.717) is 11.5 Å². The molecular formula is C15H24N2O4. The molecule has 118 valence electrons. The Labute approximate surface area is 125 Å². The zero-order valence-corrected chi connectivity index (χ0v) is 13.0. The van der Waals surface area contributed by atoms with Gasteiger partial charge in [-0.25, -0.2) is 0 Å². The molecule has 0 bridgehead atoms. The number of amides is 1. The van der Waals surface area contributed by atoms with Gasteiger partial charge in [0.25, 0.3) is 0 Å². The molecule has 21 heavy (non-hydrogen) atoms.